The maximum absolute atomic E-state index is 12.5. The van der Waals surface area contributed by atoms with E-state index in [4.69, 9.17) is 5.73 Å². The van der Waals surface area contributed by atoms with Crippen LogP contribution >= 0.6 is 12.4 Å². The quantitative estimate of drug-likeness (QED) is 0.915. The predicted molar refractivity (Wildman–Crippen MR) is 80.4 cm³/mol. The number of halogens is 4. The Morgan fingerprint density at radius 2 is 1.76 bits per heavy atom. The highest BCUT2D eigenvalue weighted by molar-refractivity contribution is 5.85. The van der Waals surface area contributed by atoms with Crippen molar-refractivity contribution in [3.8, 4) is 0 Å². The third-order valence-corrected chi connectivity index (χ3v) is 4.27. The van der Waals surface area contributed by atoms with E-state index in [1.165, 1.54) is 0 Å². The highest BCUT2D eigenvalue weighted by atomic mass is 35.5. The standard InChI is InChI=1S/C15H21F3N2.ClH/c1-10(19)13-7-8-20(9-13)11(2)12-3-5-14(6-4-12)15(16,17)18;/h3-6,10-11,13H,7-9,19H2,1-2H3;1H. The van der Waals surface area contributed by atoms with Crippen molar-refractivity contribution in [2.24, 2.45) is 11.7 Å². The molecule has 1 heterocycles. The van der Waals surface area contributed by atoms with E-state index >= 15 is 0 Å². The number of rotatable bonds is 3. The van der Waals surface area contributed by atoms with E-state index in [0.29, 0.717) is 5.92 Å². The first kappa shape index (κ1) is 18.3. The van der Waals surface area contributed by atoms with Crippen molar-refractivity contribution in [2.75, 3.05) is 13.1 Å². The molecule has 21 heavy (non-hydrogen) atoms. The first-order chi connectivity index (χ1) is 9.29. The lowest BCUT2D eigenvalue weighted by molar-refractivity contribution is -0.137. The van der Waals surface area contributed by atoms with Gasteiger partial charge in [0, 0.05) is 18.6 Å². The summed E-state index contributed by atoms with van der Waals surface area (Å²) in [7, 11) is 0. The van der Waals surface area contributed by atoms with Crippen LogP contribution in [0.4, 0.5) is 13.2 Å². The molecular formula is C15H22ClF3N2. The van der Waals surface area contributed by atoms with Crippen molar-refractivity contribution in [2.45, 2.75) is 38.5 Å². The van der Waals surface area contributed by atoms with Crippen molar-refractivity contribution in [1.29, 1.82) is 0 Å². The summed E-state index contributed by atoms with van der Waals surface area (Å²) in [5.74, 6) is 0.479. The summed E-state index contributed by atoms with van der Waals surface area (Å²) in [6.45, 7) is 5.91. The fourth-order valence-corrected chi connectivity index (χ4v) is 2.76. The van der Waals surface area contributed by atoms with Crippen LogP contribution in [-0.2, 0) is 6.18 Å². The fourth-order valence-electron chi connectivity index (χ4n) is 2.76. The van der Waals surface area contributed by atoms with Gasteiger partial charge in [-0.3, -0.25) is 4.90 Å². The fraction of sp³-hybridized carbons (Fsp3) is 0.600. The second-order valence-corrected chi connectivity index (χ2v) is 5.70. The van der Waals surface area contributed by atoms with Gasteiger partial charge in [0.25, 0.3) is 0 Å². The van der Waals surface area contributed by atoms with E-state index in [9.17, 15) is 13.2 Å². The van der Waals surface area contributed by atoms with Crippen molar-refractivity contribution in [3.63, 3.8) is 0 Å². The SMILES string of the molecule is CC(N)C1CCN(C(C)c2ccc(C(F)(F)F)cc2)C1.Cl. The summed E-state index contributed by atoms with van der Waals surface area (Å²) < 4.78 is 37.6. The van der Waals surface area contributed by atoms with E-state index in [1.54, 1.807) is 12.1 Å². The van der Waals surface area contributed by atoms with E-state index in [0.717, 1.165) is 37.2 Å². The molecule has 0 bridgehead atoms. The summed E-state index contributed by atoms with van der Waals surface area (Å²) >= 11 is 0. The first-order valence-electron chi connectivity index (χ1n) is 6.96. The monoisotopic (exact) mass is 322 g/mol. The zero-order valence-corrected chi connectivity index (χ0v) is 13.0. The van der Waals surface area contributed by atoms with Crippen molar-refractivity contribution >= 4 is 12.4 Å². The molecule has 0 amide bonds. The van der Waals surface area contributed by atoms with Gasteiger partial charge < -0.3 is 5.73 Å². The molecule has 6 heteroatoms. The average molecular weight is 323 g/mol. The van der Waals surface area contributed by atoms with Crippen LogP contribution < -0.4 is 5.73 Å². The van der Waals surface area contributed by atoms with Crippen LogP contribution in [0.25, 0.3) is 0 Å². The Kier molecular flexibility index (Phi) is 6.08. The van der Waals surface area contributed by atoms with Gasteiger partial charge in [0.15, 0.2) is 0 Å². The van der Waals surface area contributed by atoms with Gasteiger partial charge in [-0.05, 0) is 50.4 Å². The zero-order chi connectivity index (χ0) is 14.9. The highest BCUT2D eigenvalue weighted by Gasteiger charge is 2.31. The normalized spacial score (nSPS) is 22.7. The lowest BCUT2D eigenvalue weighted by atomic mass is 10.0. The van der Waals surface area contributed by atoms with Crippen molar-refractivity contribution in [3.05, 3.63) is 35.4 Å². The Balaban J connectivity index is 0.00000220. The van der Waals surface area contributed by atoms with Crippen molar-refractivity contribution in [1.82, 2.24) is 4.90 Å². The molecule has 1 aromatic carbocycles. The van der Waals surface area contributed by atoms with E-state index < -0.39 is 11.7 Å². The Bertz CT molecular complexity index is 445. The maximum Gasteiger partial charge on any atom is 0.416 e. The molecule has 2 N–H and O–H groups in total. The third-order valence-electron chi connectivity index (χ3n) is 4.27. The van der Waals surface area contributed by atoms with E-state index in [2.05, 4.69) is 4.90 Å². The minimum atomic E-state index is -4.27. The Morgan fingerprint density at radius 1 is 1.19 bits per heavy atom. The van der Waals surface area contributed by atoms with E-state index in [1.807, 2.05) is 13.8 Å². The van der Waals surface area contributed by atoms with Crippen molar-refractivity contribution < 1.29 is 13.2 Å². The third kappa shape index (κ3) is 4.34. The summed E-state index contributed by atoms with van der Waals surface area (Å²) in [5.41, 5.74) is 6.24. The molecule has 1 aliphatic rings. The van der Waals surface area contributed by atoms with Crippen LogP contribution in [-0.4, -0.2) is 24.0 Å². The van der Waals surface area contributed by atoms with Crippen LogP contribution in [0.15, 0.2) is 24.3 Å². The Hall–Kier alpha value is -0.780. The minimum Gasteiger partial charge on any atom is -0.328 e. The molecule has 120 valence electrons. The van der Waals surface area contributed by atoms with Gasteiger partial charge in [-0.25, -0.2) is 0 Å². The molecular weight excluding hydrogens is 301 g/mol. The number of nitrogens with zero attached hydrogens (tertiary/aromatic N) is 1. The van der Waals surface area contributed by atoms with Gasteiger partial charge in [0.2, 0.25) is 0 Å². The van der Waals surface area contributed by atoms with Crippen LogP contribution in [0.1, 0.15) is 37.4 Å². The van der Waals surface area contributed by atoms with Gasteiger partial charge in [-0.15, -0.1) is 12.4 Å². The minimum absolute atomic E-state index is 0. The number of likely N-dealkylation sites (tertiary alicyclic amines) is 1. The topological polar surface area (TPSA) is 29.3 Å². The molecule has 2 nitrogen and oxygen atoms in total. The molecule has 0 aromatic heterocycles. The molecule has 0 aliphatic carbocycles. The lowest BCUT2D eigenvalue weighted by Gasteiger charge is -2.25. The molecule has 3 unspecified atom stereocenters. The molecule has 0 radical (unpaired) electrons. The second kappa shape index (κ2) is 6.99. The van der Waals surface area contributed by atoms with Crippen LogP contribution in [0, 0.1) is 5.92 Å². The van der Waals surface area contributed by atoms with Gasteiger partial charge >= 0.3 is 6.18 Å². The number of benzene rings is 1. The number of hydrogen-bond donors (Lipinski definition) is 1. The van der Waals surface area contributed by atoms with Gasteiger partial charge in [-0.1, -0.05) is 12.1 Å². The van der Waals surface area contributed by atoms with Gasteiger partial charge in [-0.2, -0.15) is 13.2 Å². The summed E-state index contributed by atoms with van der Waals surface area (Å²) in [6, 6.07) is 5.76. The van der Waals surface area contributed by atoms with Crippen LogP contribution in [0.5, 0.6) is 0 Å². The smallest absolute Gasteiger partial charge is 0.328 e. The molecule has 1 aliphatic heterocycles. The molecule has 1 fully saturated rings. The second-order valence-electron chi connectivity index (χ2n) is 5.70. The Labute approximate surface area is 129 Å². The van der Waals surface area contributed by atoms with Gasteiger partial charge in [0.1, 0.15) is 0 Å². The van der Waals surface area contributed by atoms with Gasteiger partial charge in [0.05, 0.1) is 5.56 Å². The average Bonchev–Trinajstić information content (AvgIpc) is 2.86. The molecule has 0 spiro atoms. The number of nitrogens with two attached hydrogens (primary N) is 1. The Morgan fingerprint density at radius 3 is 2.19 bits per heavy atom. The number of hydrogen-bond acceptors (Lipinski definition) is 2. The largest absolute Gasteiger partial charge is 0.416 e. The number of alkyl halides is 3. The first-order valence-corrected chi connectivity index (χ1v) is 6.96. The highest BCUT2D eigenvalue weighted by Crippen LogP contribution is 2.32. The molecule has 3 atom stereocenters. The summed E-state index contributed by atoms with van der Waals surface area (Å²) in [6.07, 6.45) is -3.21. The molecule has 1 saturated heterocycles. The maximum atomic E-state index is 12.5. The van der Waals surface area contributed by atoms with Crippen LogP contribution in [0.3, 0.4) is 0 Å². The lowest BCUT2D eigenvalue weighted by Crippen LogP contribution is -2.31. The van der Waals surface area contributed by atoms with E-state index in [-0.39, 0.29) is 24.5 Å². The zero-order valence-electron chi connectivity index (χ0n) is 12.2. The molecule has 2 rings (SSSR count). The summed E-state index contributed by atoms with van der Waals surface area (Å²) in [4.78, 5) is 2.29. The van der Waals surface area contributed by atoms with Crippen LogP contribution in [0.2, 0.25) is 0 Å². The predicted octanol–water partition coefficient (Wildman–Crippen LogP) is 3.86. The summed E-state index contributed by atoms with van der Waals surface area (Å²) in [5, 5.41) is 0. The molecule has 0 saturated carbocycles. The molecule has 1 aromatic rings.